The minimum absolute atomic E-state index is 0.0141. The van der Waals surface area contributed by atoms with Gasteiger partial charge in [0.05, 0.1) is 5.75 Å². The fourth-order valence-corrected chi connectivity index (χ4v) is 4.86. The number of aromatic nitrogens is 3. The molecule has 33 heavy (non-hydrogen) atoms. The van der Waals surface area contributed by atoms with Crippen LogP contribution in [0.5, 0.6) is 0 Å². The number of hydrogen-bond donors (Lipinski definition) is 0. The van der Waals surface area contributed by atoms with Gasteiger partial charge in [0, 0.05) is 42.8 Å². The van der Waals surface area contributed by atoms with Crippen LogP contribution in [0.15, 0.2) is 65.8 Å². The Balaban J connectivity index is 1.48. The number of carbonyl (C=O) groups is 2. The second-order valence-electron chi connectivity index (χ2n) is 8.51. The fourth-order valence-electron chi connectivity index (χ4n) is 4.01. The number of amides is 2. The van der Waals surface area contributed by atoms with Gasteiger partial charge in [0.15, 0.2) is 11.0 Å². The Hall–Kier alpha value is -3.13. The van der Waals surface area contributed by atoms with Gasteiger partial charge in [-0.3, -0.25) is 14.2 Å². The molecule has 3 aromatic rings. The topological polar surface area (TPSA) is 71.3 Å². The minimum atomic E-state index is -0.0339. The molecule has 1 atom stereocenters. The van der Waals surface area contributed by atoms with Crippen LogP contribution < -0.4 is 0 Å². The smallest absolute Gasteiger partial charge is 0.233 e. The average Bonchev–Trinajstić information content (AvgIpc) is 3.27. The minimum Gasteiger partial charge on any atom is -0.338 e. The van der Waals surface area contributed by atoms with Crippen molar-refractivity contribution in [3.63, 3.8) is 0 Å². The number of para-hydroxylation sites is 1. The summed E-state index contributed by atoms with van der Waals surface area (Å²) in [6.45, 7) is 7.52. The largest absolute Gasteiger partial charge is 0.338 e. The normalized spacial score (nSPS) is 16.3. The molecule has 2 amide bonds. The molecule has 1 fully saturated rings. The Bertz CT molecular complexity index is 1100. The highest BCUT2D eigenvalue weighted by atomic mass is 32.2. The molecule has 0 aliphatic carbocycles. The van der Waals surface area contributed by atoms with Crippen molar-refractivity contribution in [2.75, 3.05) is 25.4 Å². The van der Waals surface area contributed by atoms with Crippen LogP contribution in [0, 0.1) is 5.92 Å². The summed E-state index contributed by atoms with van der Waals surface area (Å²) >= 11 is 1.39. The summed E-state index contributed by atoms with van der Waals surface area (Å²) in [6, 6.07) is 19.9. The van der Waals surface area contributed by atoms with E-state index in [9.17, 15) is 9.59 Å². The highest BCUT2D eigenvalue weighted by Crippen LogP contribution is 2.28. The second-order valence-corrected chi connectivity index (χ2v) is 9.45. The van der Waals surface area contributed by atoms with E-state index in [1.807, 2.05) is 95.8 Å². The van der Waals surface area contributed by atoms with Gasteiger partial charge in [-0.2, -0.15) is 0 Å². The van der Waals surface area contributed by atoms with Crippen molar-refractivity contribution in [1.29, 1.82) is 0 Å². The van der Waals surface area contributed by atoms with Gasteiger partial charge in [-0.15, -0.1) is 10.2 Å². The number of nitrogens with zero attached hydrogens (tertiary/aromatic N) is 5. The van der Waals surface area contributed by atoms with E-state index >= 15 is 0 Å². The van der Waals surface area contributed by atoms with Crippen LogP contribution in [0.1, 0.15) is 20.8 Å². The van der Waals surface area contributed by atoms with Crippen LogP contribution >= 0.6 is 11.8 Å². The standard InChI is InChI=1S/C25H29N5O2S/c1-18(2)24(32)29-15-14-28(16-19(29)3)22(31)17-33-25-27-26-23(20-10-6-4-7-11-20)30(25)21-12-8-5-9-13-21/h4-13,18-19H,14-17H2,1-3H3. The van der Waals surface area contributed by atoms with Crippen LogP contribution in [0.2, 0.25) is 0 Å². The van der Waals surface area contributed by atoms with Crippen molar-refractivity contribution in [3.05, 3.63) is 60.7 Å². The first-order chi connectivity index (χ1) is 16.0. The summed E-state index contributed by atoms with van der Waals surface area (Å²) in [7, 11) is 0. The maximum absolute atomic E-state index is 13.0. The zero-order valence-corrected chi connectivity index (χ0v) is 20.0. The Morgan fingerprint density at radius 2 is 1.67 bits per heavy atom. The molecule has 0 N–H and O–H groups in total. The van der Waals surface area contributed by atoms with Gasteiger partial charge in [0.2, 0.25) is 11.8 Å². The van der Waals surface area contributed by atoms with Crippen molar-refractivity contribution in [3.8, 4) is 17.1 Å². The number of rotatable bonds is 6. The molecule has 1 saturated heterocycles. The van der Waals surface area contributed by atoms with Crippen molar-refractivity contribution < 1.29 is 9.59 Å². The van der Waals surface area contributed by atoms with Gasteiger partial charge in [-0.25, -0.2) is 0 Å². The van der Waals surface area contributed by atoms with Crippen molar-refractivity contribution in [2.45, 2.75) is 32.0 Å². The van der Waals surface area contributed by atoms with E-state index in [1.165, 1.54) is 11.8 Å². The summed E-state index contributed by atoms with van der Waals surface area (Å²) in [5, 5.41) is 9.52. The van der Waals surface area contributed by atoms with Crippen LogP contribution in [-0.4, -0.2) is 67.8 Å². The highest BCUT2D eigenvalue weighted by molar-refractivity contribution is 7.99. The number of hydrogen-bond acceptors (Lipinski definition) is 5. The molecule has 1 aromatic heterocycles. The maximum Gasteiger partial charge on any atom is 0.233 e. The third-order valence-electron chi connectivity index (χ3n) is 5.76. The van der Waals surface area contributed by atoms with Gasteiger partial charge in [0.25, 0.3) is 0 Å². The number of benzene rings is 2. The third kappa shape index (κ3) is 5.11. The van der Waals surface area contributed by atoms with E-state index in [1.54, 1.807) is 0 Å². The summed E-state index contributed by atoms with van der Waals surface area (Å²) in [5.41, 5.74) is 1.91. The van der Waals surface area contributed by atoms with Gasteiger partial charge in [-0.05, 0) is 19.1 Å². The molecule has 8 heteroatoms. The molecule has 172 valence electrons. The van der Waals surface area contributed by atoms with Gasteiger partial charge in [0.1, 0.15) is 0 Å². The monoisotopic (exact) mass is 463 g/mol. The second kappa shape index (κ2) is 10.2. The molecule has 0 radical (unpaired) electrons. The summed E-state index contributed by atoms with van der Waals surface area (Å²) < 4.78 is 2.00. The van der Waals surface area contributed by atoms with Crippen LogP contribution in [0.4, 0.5) is 0 Å². The van der Waals surface area contributed by atoms with Crippen molar-refractivity contribution in [1.82, 2.24) is 24.6 Å². The molecule has 0 bridgehead atoms. The molecular weight excluding hydrogens is 434 g/mol. The number of piperazine rings is 1. The highest BCUT2D eigenvalue weighted by Gasteiger charge is 2.31. The SMILES string of the molecule is CC(C)C(=O)N1CCN(C(=O)CSc2nnc(-c3ccccc3)n2-c2ccccc2)CC1C. The average molecular weight is 464 g/mol. The predicted octanol–water partition coefficient (Wildman–Crippen LogP) is 3.74. The van der Waals surface area contributed by atoms with E-state index in [4.69, 9.17) is 0 Å². The Labute approximate surface area is 198 Å². The van der Waals surface area contributed by atoms with E-state index in [0.717, 1.165) is 17.1 Å². The maximum atomic E-state index is 13.0. The van der Waals surface area contributed by atoms with Crippen LogP contribution in [-0.2, 0) is 9.59 Å². The quantitative estimate of drug-likeness (QED) is 0.521. The Kier molecular flexibility index (Phi) is 7.13. The fraction of sp³-hybridized carbons (Fsp3) is 0.360. The van der Waals surface area contributed by atoms with Gasteiger partial charge in [-0.1, -0.05) is 74.1 Å². The molecule has 0 spiro atoms. The van der Waals surface area contributed by atoms with Crippen LogP contribution in [0.3, 0.4) is 0 Å². The first-order valence-corrected chi connectivity index (χ1v) is 12.2. The molecule has 7 nitrogen and oxygen atoms in total. The molecule has 4 rings (SSSR count). The molecular formula is C25H29N5O2S. The number of thioether (sulfide) groups is 1. The molecule has 2 heterocycles. The lowest BCUT2D eigenvalue weighted by molar-refractivity contribution is -0.143. The van der Waals surface area contributed by atoms with E-state index in [2.05, 4.69) is 10.2 Å². The summed E-state index contributed by atoms with van der Waals surface area (Å²) in [5.74, 6) is 1.17. The zero-order chi connectivity index (χ0) is 23.4. The molecule has 1 aliphatic rings. The molecule has 1 aliphatic heterocycles. The zero-order valence-electron chi connectivity index (χ0n) is 19.2. The third-order valence-corrected chi connectivity index (χ3v) is 6.68. The van der Waals surface area contributed by atoms with E-state index < -0.39 is 0 Å². The summed E-state index contributed by atoms with van der Waals surface area (Å²) in [6.07, 6.45) is 0. The Morgan fingerprint density at radius 1 is 1.00 bits per heavy atom. The van der Waals surface area contributed by atoms with Crippen molar-refractivity contribution in [2.24, 2.45) is 5.92 Å². The summed E-state index contributed by atoms with van der Waals surface area (Å²) in [4.78, 5) is 29.1. The Morgan fingerprint density at radius 3 is 2.30 bits per heavy atom. The van der Waals surface area contributed by atoms with Crippen molar-refractivity contribution >= 4 is 23.6 Å². The molecule has 2 aromatic carbocycles. The number of carbonyl (C=O) groups excluding carboxylic acids is 2. The molecule has 1 unspecified atom stereocenters. The lowest BCUT2D eigenvalue weighted by Gasteiger charge is -2.40. The van der Waals surface area contributed by atoms with Gasteiger partial charge < -0.3 is 9.80 Å². The predicted molar refractivity (Wildman–Crippen MR) is 130 cm³/mol. The van der Waals surface area contributed by atoms with E-state index in [-0.39, 0.29) is 29.5 Å². The van der Waals surface area contributed by atoms with Crippen LogP contribution in [0.25, 0.3) is 17.1 Å². The first-order valence-electron chi connectivity index (χ1n) is 11.2. The van der Waals surface area contributed by atoms with E-state index in [0.29, 0.717) is 24.8 Å². The lowest BCUT2D eigenvalue weighted by Crippen LogP contribution is -2.56. The molecule has 0 saturated carbocycles. The first kappa shape index (κ1) is 23.0. The van der Waals surface area contributed by atoms with Gasteiger partial charge >= 0.3 is 0 Å². The lowest BCUT2D eigenvalue weighted by atomic mass is 10.1.